The molecule has 0 aliphatic carbocycles. The number of aromatic nitrogens is 3. The van der Waals surface area contributed by atoms with Gasteiger partial charge in [0.05, 0.1) is 13.2 Å². The van der Waals surface area contributed by atoms with Crippen molar-refractivity contribution in [1.82, 2.24) is 14.9 Å². The van der Waals surface area contributed by atoms with E-state index in [-0.39, 0.29) is 11.9 Å². The molecule has 2 aromatic carbocycles. The molecule has 0 bridgehead atoms. The van der Waals surface area contributed by atoms with Crippen molar-refractivity contribution in [3.63, 3.8) is 0 Å². The molecule has 1 aliphatic heterocycles. The highest BCUT2D eigenvalue weighted by atomic mass is 32.2. The summed E-state index contributed by atoms with van der Waals surface area (Å²) in [6.07, 6.45) is 0.745. The minimum atomic E-state index is -0.417. The van der Waals surface area contributed by atoms with Crippen LogP contribution in [0.4, 0.5) is 5.69 Å². The molecule has 8 heteroatoms. The number of carbonyl (C=O) groups is 1. The van der Waals surface area contributed by atoms with Crippen LogP contribution in [0.2, 0.25) is 0 Å². The van der Waals surface area contributed by atoms with Crippen molar-refractivity contribution in [3.05, 3.63) is 65.0 Å². The van der Waals surface area contributed by atoms with E-state index >= 15 is 0 Å². The lowest BCUT2D eigenvalue weighted by Gasteiger charge is -2.33. The lowest BCUT2D eigenvalue weighted by molar-refractivity contribution is -0.116. The molecule has 156 valence electrons. The highest BCUT2D eigenvalue weighted by Crippen LogP contribution is 2.38. The Labute approximate surface area is 180 Å². The summed E-state index contributed by atoms with van der Waals surface area (Å²) in [6, 6.07) is 13.5. The molecule has 7 nitrogen and oxygen atoms in total. The minimum absolute atomic E-state index is 0.0747. The van der Waals surface area contributed by atoms with Crippen molar-refractivity contribution in [3.8, 4) is 5.75 Å². The zero-order chi connectivity index (χ0) is 21.3. The van der Waals surface area contributed by atoms with Gasteiger partial charge in [-0.25, -0.2) is 4.68 Å². The van der Waals surface area contributed by atoms with Gasteiger partial charge >= 0.3 is 0 Å². The number of aryl methyl sites for hydroxylation is 2. The first-order chi connectivity index (χ1) is 14.5. The van der Waals surface area contributed by atoms with E-state index in [0.29, 0.717) is 5.16 Å². The summed E-state index contributed by atoms with van der Waals surface area (Å²) in [5.41, 5.74) is 7.49. The van der Waals surface area contributed by atoms with Gasteiger partial charge in [0.1, 0.15) is 11.0 Å². The molecular weight excluding hydrogens is 398 g/mol. The monoisotopic (exact) mass is 423 g/mol. The quantitative estimate of drug-likeness (QED) is 0.649. The number of anilines is 1. The molecule has 4 rings (SSSR count). The van der Waals surface area contributed by atoms with Gasteiger partial charge in [-0.15, -0.1) is 10.2 Å². The van der Waals surface area contributed by atoms with E-state index in [0.717, 1.165) is 40.4 Å². The van der Waals surface area contributed by atoms with Crippen molar-refractivity contribution in [2.45, 2.75) is 43.6 Å². The topological polar surface area (TPSA) is 81.1 Å². The Kier molecular flexibility index (Phi) is 5.67. The van der Waals surface area contributed by atoms with Gasteiger partial charge in [-0.05, 0) is 48.7 Å². The van der Waals surface area contributed by atoms with Gasteiger partial charge in [0, 0.05) is 12.1 Å². The van der Waals surface area contributed by atoms with Crippen LogP contribution in [-0.4, -0.2) is 33.1 Å². The van der Waals surface area contributed by atoms with Crippen LogP contribution in [0.25, 0.3) is 0 Å². The Balaban J connectivity index is 1.68. The van der Waals surface area contributed by atoms with E-state index in [9.17, 15) is 4.79 Å². The maximum Gasteiger partial charge on any atom is 0.240 e. The zero-order valence-electron chi connectivity index (χ0n) is 17.5. The fraction of sp³-hybridized carbons (Fsp3) is 0.318. The van der Waals surface area contributed by atoms with Gasteiger partial charge in [-0.3, -0.25) is 4.79 Å². The summed E-state index contributed by atoms with van der Waals surface area (Å²) in [5, 5.41) is 11.9. The number of amides is 1. The van der Waals surface area contributed by atoms with Crippen molar-refractivity contribution in [1.29, 1.82) is 0 Å². The normalized spacial score (nSPS) is 17.7. The molecule has 30 heavy (non-hydrogen) atoms. The molecule has 1 amide bonds. The molecule has 0 fully saturated rings. The van der Waals surface area contributed by atoms with Gasteiger partial charge in [-0.1, -0.05) is 43.0 Å². The lowest BCUT2D eigenvalue weighted by Crippen LogP contribution is -2.41. The predicted octanol–water partition coefficient (Wildman–Crippen LogP) is 3.86. The third-order valence-corrected chi connectivity index (χ3v) is 6.63. The average molecular weight is 424 g/mol. The maximum atomic E-state index is 13.4. The van der Waals surface area contributed by atoms with Gasteiger partial charge in [0.15, 0.2) is 5.82 Å². The van der Waals surface area contributed by atoms with Gasteiger partial charge < -0.3 is 15.5 Å². The molecule has 2 atom stereocenters. The summed E-state index contributed by atoms with van der Waals surface area (Å²) in [6.45, 7) is 6.09. The van der Waals surface area contributed by atoms with E-state index < -0.39 is 5.25 Å². The van der Waals surface area contributed by atoms with Gasteiger partial charge in [0.2, 0.25) is 11.1 Å². The number of ether oxygens (including phenoxy) is 1. The fourth-order valence-corrected chi connectivity index (χ4v) is 4.58. The Morgan fingerprint density at radius 3 is 2.67 bits per heavy atom. The predicted molar refractivity (Wildman–Crippen MR) is 119 cm³/mol. The second-order valence-corrected chi connectivity index (χ2v) is 8.35. The summed E-state index contributed by atoms with van der Waals surface area (Å²) in [7, 11) is 1.64. The fourth-order valence-electron chi connectivity index (χ4n) is 3.48. The van der Waals surface area contributed by atoms with Gasteiger partial charge in [0.25, 0.3) is 0 Å². The third kappa shape index (κ3) is 3.75. The second kappa shape index (κ2) is 8.39. The Morgan fingerprint density at radius 1 is 1.20 bits per heavy atom. The minimum Gasteiger partial charge on any atom is -0.497 e. The van der Waals surface area contributed by atoms with Crippen LogP contribution in [0.3, 0.4) is 0 Å². The van der Waals surface area contributed by atoms with Crippen LogP contribution in [0.5, 0.6) is 5.75 Å². The van der Waals surface area contributed by atoms with Crippen LogP contribution < -0.4 is 15.5 Å². The van der Waals surface area contributed by atoms with E-state index in [1.54, 1.807) is 7.11 Å². The molecule has 2 unspecified atom stereocenters. The second-order valence-electron chi connectivity index (χ2n) is 7.24. The number of thioether (sulfide) groups is 1. The first-order valence-electron chi connectivity index (χ1n) is 9.90. The van der Waals surface area contributed by atoms with Crippen LogP contribution >= 0.6 is 11.8 Å². The summed E-state index contributed by atoms with van der Waals surface area (Å²) >= 11 is 1.43. The third-order valence-electron chi connectivity index (χ3n) is 5.42. The van der Waals surface area contributed by atoms with Crippen molar-refractivity contribution in [2.24, 2.45) is 0 Å². The van der Waals surface area contributed by atoms with E-state index in [4.69, 9.17) is 4.74 Å². The van der Waals surface area contributed by atoms with Crippen LogP contribution in [-0.2, 0) is 11.2 Å². The molecule has 1 aromatic heterocycles. The molecule has 2 N–H and O–H groups in total. The number of methoxy groups -OCH3 is 1. The van der Waals surface area contributed by atoms with Crippen LogP contribution in [0, 0.1) is 13.8 Å². The summed E-state index contributed by atoms with van der Waals surface area (Å²) in [5.74, 6) is 1.54. The number of rotatable bonds is 5. The lowest BCUT2D eigenvalue weighted by atomic mass is 10.0. The Bertz CT molecular complexity index is 1060. The molecule has 0 saturated carbocycles. The van der Waals surface area contributed by atoms with Crippen molar-refractivity contribution in [2.75, 3.05) is 17.9 Å². The molecule has 3 aromatic rings. The van der Waals surface area contributed by atoms with Gasteiger partial charge in [-0.2, -0.15) is 0 Å². The van der Waals surface area contributed by atoms with E-state index in [1.165, 1.54) is 11.8 Å². The first kappa shape index (κ1) is 20.3. The number of fused-ring (bicyclic) bond motifs is 1. The number of hydrogen-bond donors (Lipinski definition) is 2. The first-order valence-corrected chi connectivity index (χ1v) is 10.8. The summed E-state index contributed by atoms with van der Waals surface area (Å²) < 4.78 is 7.17. The highest BCUT2D eigenvalue weighted by molar-refractivity contribution is 8.00. The number of hydrogen-bond acceptors (Lipinski definition) is 6. The zero-order valence-corrected chi connectivity index (χ0v) is 18.3. The number of benzene rings is 2. The molecular formula is C22H25N5O2S. The Morgan fingerprint density at radius 2 is 1.97 bits per heavy atom. The van der Waals surface area contributed by atoms with Crippen molar-refractivity contribution >= 4 is 23.4 Å². The van der Waals surface area contributed by atoms with Crippen molar-refractivity contribution < 1.29 is 9.53 Å². The molecule has 0 radical (unpaired) electrons. The van der Waals surface area contributed by atoms with E-state index in [2.05, 4.69) is 20.9 Å². The SMILES string of the molecule is CCc1nnc2n1NC(c1ccc(OC)cc1)C(C(=O)Nc1cccc(C)c1C)S2. The standard InChI is InChI=1S/C22H25N5O2S/c1-5-18-24-25-22-27(18)26-19(15-9-11-16(29-4)12-10-15)20(30-22)21(28)23-17-8-6-7-13(2)14(17)3/h6-12,19-20,26H,5H2,1-4H3,(H,23,28). The largest absolute Gasteiger partial charge is 0.497 e. The number of nitrogens with zero attached hydrogens (tertiary/aromatic N) is 3. The summed E-state index contributed by atoms with van der Waals surface area (Å²) in [4.78, 5) is 13.4. The smallest absolute Gasteiger partial charge is 0.240 e. The highest BCUT2D eigenvalue weighted by Gasteiger charge is 2.37. The van der Waals surface area contributed by atoms with Crippen LogP contribution in [0.1, 0.15) is 35.5 Å². The Hall–Kier alpha value is -3.00. The van der Waals surface area contributed by atoms with Crippen LogP contribution in [0.15, 0.2) is 47.6 Å². The molecule has 2 heterocycles. The number of carbonyl (C=O) groups excluding carboxylic acids is 1. The van der Waals surface area contributed by atoms with E-state index in [1.807, 2.05) is 67.9 Å². The molecule has 0 saturated heterocycles. The average Bonchev–Trinajstić information content (AvgIpc) is 3.18. The maximum absolute atomic E-state index is 13.4. The molecule has 0 spiro atoms. The molecule has 1 aliphatic rings. The number of nitrogens with one attached hydrogen (secondary N) is 2.